The zero-order chi connectivity index (χ0) is 16.5. The molecule has 124 valence electrons. The van der Waals surface area contributed by atoms with Gasteiger partial charge in [0, 0.05) is 18.7 Å². The maximum atomic E-state index is 9.79. The monoisotopic (exact) mass is 322 g/mol. The summed E-state index contributed by atoms with van der Waals surface area (Å²) in [6.07, 6.45) is 8.05. The van der Waals surface area contributed by atoms with E-state index in [0.717, 1.165) is 49.5 Å². The van der Waals surface area contributed by atoms with Gasteiger partial charge in [0.25, 0.3) is 0 Å². The number of aromatic nitrogens is 3. The number of fused-ring (bicyclic) bond motifs is 1. The summed E-state index contributed by atoms with van der Waals surface area (Å²) in [5.74, 6) is 1.05. The molecule has 3 aromatic rings. The Bertz CT molecular complexity index is 849. The molecule has 0 radical (unpaired) electrons. The van der Waals surface area contributed by atoms with Gasteiger partial charge in [0.15, 0.2) is 5.65 Å². The molecule has 24 heavy (non-hydrogen) atoms. The van der Waals surface area contributed by atoms with Crippen molar-refractivity contribution in [2.45, 2.75) is 32.3 Å². The van der Waals surface area contributed by atoms with Gasteiger partial charge in [-0.25, -0.2) is 4.98 Å². The Morgan fingerprint density at radius 2 is 1.92 bits per heavy atom. The predicted octanol–water partition coefficient (Wildman–Crippen LogP) is 2.92. The van der Waals surface area contributed by atoms with Gasteiger partial charge in [-0.05, 0) is 24.8 Å². The molecule has 0 amide bonds. The number of benzene rings is 1. The average molecular weight is 322 g/mol. The van der Waals surface area contributed by atoms with Crippen molar-refractivity contribution in [1.29, 1.82) is 0 Å². The van der Waals surface area contributed by atoms with Crippen LogP contribution < -0.4 is 4.90 Å². The van der Waals surface area contributed by atoms with Crippen LogP contribution in [0.25, 0.3) is 16.9 Å². The average Bonchev–Trinajstić information content (AvgIpc) is 3.06. The van der Waals surface area contributed by atoms with E-state index >= 15 is 0 Å². The highest BCUT2D eigenvalue weighted by molar-refractivity contribution is 5.69. The molecule has 0 unspecified atom stereocenters. The smallest absolute Gasteiger partial charge is 0.157 e. The van der Waals surface area contributed by atoms with E-state index in [1.807, 2.05) is 12.4 Å². The number of rotatable bonds is 3. The van der Waals surface area contributed by atoms with Gasteiger partial charge in [0.05, 0.1) is 30.4 Å². The second kappa shape index (κ2) is 6.24. The number of aliphatic hydroxyl groups is 1. The minimum absolute atomic E-state index is 0.184. The lowest BCUT2D eigenvalue weighted by Crippen LogP contribution is -2.36. The molecular weight excluding hydrogens is 300 g/mol. The number of hydrogen-bond acceptors (Lipinski definition) is 4. The number of nitrogens with zero attached hydrogens (tertiary/aromatic N) is 4. The summed E-state index contributed by atoms with van der Waals surface area (Å²) >= 11 is 0. The molecule has 0 spiro atoms. The third-order valence-electron chi connectivity index (χ3n) is 4.86. The first-order valence-corrected chi connectivity index (χ1v) is 8.60. The number of anilines is 1. The summed E-state index contributed by atoms with van der Waals surface area (Å²) in [4.78, 5) is 11.2. The Hall–Kier alpha value is -2.40. The van der Waals surface area contributed by atoms with Crippen LogP contribution in [0.5, 0.6) is 0 Å². The van der Waals surface area contributed by atoms with Crippen molar-refractivity contribution in [3.05, 3.63) is 48.4 Å². The standard InChI is InChI=1S/C19H22N4O/c1-2-14-5-3-4-6-16(14)17-11-21-18-12-20-13-19(23(17)18)22-9-7-15(24)8-10-22/h3-6,11-13,15,24H,2,7-10H2,1H3. The molecular formula is C19H22N4O. The maximum Gasteiger partial charge on any atom is 0.157 e. The van der Waals surface area contributed by atoms with Gasteiger partial charge in [-0.1, -0.05) is 31.2 Å². The normalized spacial score (nSPS) is 16.0. The Balaban J connectivity index is 1.86. The maximum absolute atomic E-state index is 9.79. The van der Waals surface area contributed by atoms with Crippen LogP contribution in [0.2, 0.25) is 0 Å². The van der Waals surface area contributed by atoms with E-state index in [1.165, 1.54) is 11.1 Å². The number of piperidine rings is 1. The van der Waals surface area contributed by atoms with Crippen LogP contribution in [0, 0.1) is 0 Å². The first-order valence-electron chi connectivity index (χ1n) is 8.60. The molecule has 1 aliphatic rings. The zero-order valence-corrected chi connectivity index (χ0v) is 13.9. The minimum Gasteiger partial charge on any atom is -0.393 e. The Labute approximate surface area is 141 Å². The highest BCUT2D eigenvalue weighted by Crippen LogP contribution is 2.29. The second-order valence-electron chi connectivity index (χ2n) is 6.33. The van der Waals surface area contributed by atoms with Crippen LogP contribution in [0.3, 0.4) is 0 Å². The Morgan fingerprint density at radius 3 is 2.71 bits per heavy atom. The van der Waals surface area contributed by atoms with Crippen LogP contribution in [0.1, 0.15) is 25.3 Å². The topological polar surface area (TPSA) is 53.7 Å². The highest BCUT2D eigenvalue weighted by Gasteiger charge is 2.21. The van der Waals surface area contributed by atoms with Crippen molar-refractivity contribution in [2.75, 3.05) is 18.0 Å². The Kier molecular flexibility index (Phi) is 3.94. The fourth-order valence-electron chi connectivity index (χ4n) is 3.51. The van der Waals surface area contributed by atoms with Crippen molar-refractivity contribution in [2.24, 2.45) is 0 Å². The zero-order valence-electron chi connectivity index (χ0n) is 13.9. The lowest BCUT2D eigenvalue weighted by molar-refractivity contribution is 0.145. The molecule has 0 bridgehead atoms. The summed E-state index contributed by atoms with van der Waals surface area (Å²) < 4.78 is 2.19. The molecule has 1 fully saturated rings. The van der Waals surface area contributed by atoms with Gasteiger partial charge < -0.3 is 10.0 Å². The lowest BCUT2D eigenvalue weighted by atomic mass is 10.0. The van der Waals surface area contributed by atoms with Crippen LogP contribution in [-0.2, 0) is 6.42 Å². The SMILES string of the molecule is CCc1ccccc1-c1cnc2cncc(N3CCC(O)CC3)n12. The van der Waals surface area contributed by atoms with E-state index < -0.39 is 0 Å². The summed E-state index contributed by atoms with van der Waals surface area (Å²) in [6.45, 7) is 3.86. The van der Waals surface area contributed by atoms with Crippen molar-refractivity contribution in [1.82, 2.24) is 14.4 Å². The molecule has 1 N–H and O–H groups in total. The van der Waals surface area contributed by atoms with E-state index in [-0.39, 0.29) is 6.10 Å². The minimum atomic E-state index is -0.184. The van der Waals surface area contributed by atoms with Crippen molar-refractivity contribution < 1.29 is 5.11 Å². The third kappa shape index (κ3) is 2.55. The molecule has 4 rings (SSSR count). The Morgan fingerprint density at radius 1 is 1.12 bits per heavy atom. The largest absolute Gasteiger partial charge is 0.393 e. The van der Waals surface area contributed by atoms with Gasteiger partial charge in [-0.3, -0.25) is 9.38 Å². The second-order valence-corrected chi connectivity index (χ2v) is 6.33. The van der Waals surface area contributed by atoms with Gasteiger partial charge in [0.2, 0.25) is 0 Å². The van der Waals surface area contributed by atoms with Crippen molar-refractivity contribution >= 4 is 11.5 Å². The highest BCUT2D eigenvalue weighted by atomic mass is 16.3. The fraction of sp³-hybridized carbons (Fsp3) is 0.368. The van der Waals surface area contributed by atoms with Crippen molar-refractivity contribution in [3.63, 3.8) is 0 Å². The van der Waals surface area contributed by atoms with Gasteiger partial charge >= 0.3 is 0 Å². The summed E-state index contributed by atoms with van der Waals surface area (Å²) in [5, 5.41) is 9.79. The van der Waals surface area contributed by atoms with E-state index in [9.17, 15) is 5.11 Å². The van der Waals surface area contributed by atoms with Crippen LogP contribution >= 0.6 is 0 Å². The van der Waals surface area contributed by atoms with Gasteiger partial charge in [-0.15, -0.1) is 0 Å². The molecule has 0 saturated carbocycles. The number of aryl methyl sites for hydroxylation is 1. The summed E-state index contributed by atoms with van der Waals surface area (Å²) in [5.41, 5.74) is 4.50. The molecule has 0 aliphatic carbocycles. The quantitative estimate of drug-likeness (QED) is 0.805. The van der Waals surface area contributed by atoms with Crippen LogP contribution in [-0.4, -0.2) is 38.7 Å². The molecule has 1 saturated heterocycles. The molecule has 5 heteroatoms. The summed E-state index contributed by atoms with van der Waals surface area (Å²) in [7, 11) is 0. The molecule has 1 aromatic carbocycles. The fourth-order valence-corrected chi connectivity index (χ4v) is 3.51. The third-order valence-corrected chi connectivity index (χ3v) is 4.86. The molecule has 3 heterocycles. The first-order chi connectivity index (χ1) is 11.8. The van der Waals surface area contributed by atoms with Crippen LogP contribution in [0.4, 0.5) is 5.82 Å². The first kappa shape index (κ1) is 15.1. The van der Waals surface area contributed by atoms with Gasteiger partial charge in [-0.2, -0.15) is 0 Å². The molecule has 5 nitrogen and oxygen atoms in total. The lowest BCUT2D eigenvalue weighted by Gasteiger charge is -2.31. The molecule has 0 atom stereocenters. The van der Waals surface area contributed by atoms with E-state index in [0.29, 0.717) is 0 Å². The number of aliphatic hydroxyl groups excluding tert-OH is 1. The molecule has 2 aromatic heterocycles. The number of imidazole rings is 1. The van der Waals surface area contributed by atoms with Crippen LogP contribution in [0.15, 0.2) is 42.9 Å². The van der Waals surface area contributed by atoms with E-state index in [1.54, 1.807) is 6.20 Å². The van der Waals surface area contributed by atoms with E-state index in [4.69, 9.17) is 0 Å². The van der Waals surface area contributed by atoms with E-state index in [2.05, 4.69) is 50.5 Å². The van der Waals surface area contributed by atoms with Gasteiger partial charge in [0.1, 0.15) is 5.82 Å². The summed E-state index contributed by atoms with van der Waals surface area (Å²) in [6, 6.07) is 8.49. The molecule has 1 aliphatic heterocycles. The van der Waals surface area contributed by atoms with Crippen molar-refractivity contribution in [3.8, 4) is 11.3 Å². The predicted molar refractivity (Wildman–Crippen MR) is 95.3 cm³/mol. The number of hydrogen-bond donors (Lipinski definition) is 1.